The minimum Gasteiger partial charge on any atom is -0.467 e. The summed E-state index contributed by atoms with van der Waals surface area (Å²) >= 11 is 0. The third-order valence-electron chi connectivity index (χ3n) is 4.26. The van der Waals surface area contributed by atoms with E-state index in [0.717, 1.165) is 6.42 Å². The van der Waals surface area contributed by atoms with Crippen molar-refractivity contribution in [1.82, 2.24) is 9.80 Å². The molecule has 136 valence electrons. The summed E-state index contributed by atoms with van der Waals surface area (Å²) in [6.45, 7) is 6.05. The first kappa shape index (κ1) is 18.5. The van der Waals surface area contributed by atoms with Gasteiger partial charge in [0.2, 0.25) is 5.91 Å². The number of ether oxygens (including phenoxy) is 2. The summed E-state index contributed by atoms with van der Waals surface area (Å²) in [5.41, 5.74) is 5.31. The number of methoxy groups -OCH3 is 1. The average molecular weight is 341 g/mol. The van der Waals surface area contributed by atoms with Crippen LogP contribution in [0.4, 0.5) is 4.79 Å². The number of nitrogens with two attached hydrogens (primary N) is 1. The summed E-state index contributed by atoms with van der Waals surface area (Å²) in [5.74, 6) is -0.686. The zero-order chi connectivity index (χ0) is 18.1. The molecule has 2 amide bonds. The number of carbonyl (C=O) groups excluding carboxylic acids is 3. The van der Waals surface area contributed by atoms with Crippen LogP contribution in [-0.4, -0.2) is 71.7 Å². The molecule has 0 spiro atoms. The van der Waals surface area contributed by atoms with Gasteiger partial charge in [0.1, 0.15) is 17.7 Å². The number of hydrogen-bond acceptors (Lipinski definition) is 6. The lowest BCUT2D eigenvalue weighted by Gasteiger charge is -2.31. The molecule has 2 heterocycles. The van der Waals surface area contributed by atoms with Crippen molar-refractivity contribution in [2.75, 3.05) is 20.2 Å². The maximum atomic E-state index is 12.9. The van der Waals surface area contributed by atoms with Crippen LogP contribution in [-0.2, 0) is 19.1 Å². The Morgan fingerprint density at radius 1 is 1.12 bits per heavy atom. The maximum Gasteiger partial charge on any atom is 0.411 e. The highest BCUT2D eigenvalue weighted by atomic mass is 16.6. The molecule has 0 saturated carbocycles. The van der Waals surface area contributed by atoms with E-state index < -0.39 is 29.7 Å². The molecule has 3 atom stereocenters. The molecule has 2 aliphatic rings. The molecule has 2 saturated heterocycles. The summed E-state index contributed by atoms with van der Waals surface area (Å²) in [6, 6.07) is -1.56. The van der Waals surface area contributed by atoms with Crippen molar-refractivity contribution in [1.29, 1.82) is 0 Å². The standard InChI is InChI=1S/C16H27N3O5/c1-16(2,3)24-15(22)19-9-10(17)8-12(19)13(20)18-7-5-6-11(18)14(21)23-4/h10-12H,5-9,17H2,1-4H3/t10?,11-,12-/m0/s1. The van der Waals surface area contributed by atoms with Gasteiger partial charge in [-0.05, 0) is 40.0 Å². The maximum absolute atomic E-state index is 12.9. The second kappa shape index (κ2) is 6.96. The molecule has 2 rings (SSSR count). The Labute approximate surface area is 142 Å². The molecule has 2 N–H and O–H groups in total. The summed E-state index contributed by atoms with van der Waals surface area (Å²) in [6.07, 6.45) is 1.12. The van der Waals surface area contributed by atoms with Crippen LogP contribution in [0.25, 0.3) is 0 Å². The molecule has 0 aromatic rings. The summed E-state index contributed by atoms with van der Waals surface area (Å²) in [7, 11) is 1.31. The fourth-order valence-corrected chi connectivity index (χ4v) is 3.23. The van der Waals surface area contributed by atoms with Crippen molar-refractivity contribution in [3.05, 3.63) is 0 Å². The van der Waals surface area contributed by atoms with Gasteiger partial charge in [0.15, 0.2) is 0 Å². The molecule has 0 bridgehead atoms. The lowest BCUT2D eigenvalue weighted by atomic mass is 10.1. The van der Waals surface area contributed by atoms with E-state index in [1.165, 1.54) is 16.9 Å². The fourth-order valence-electron chi connectivity index (χ4n) is 3.23. The summed E-state index contributed by atoms with van der Waals surface area (Å²) in [5, 5.41) is 0. The third-order valence-corrected chi connectivity index (χ3v) is 4.26. The largest absolute Gasteiger partial charge is 0.467 e. The number of likely N-dealkylation sites (tertiary alicyclic amines) is 2. The van der Waals surface area contributed by atoms with Crippen LogP contribution >= 0.6 is 0 Å². The average Bonchev–Trinajstić information content (AvgIpc) is 3.10. The Kier molecular flexibility index (Phi) is 5.37. The van der Waals surface area contributed by atoms with Gasteiger partial charge in [0, 0.05) is 19.1 Å². The Balaban J connectivity index is 2.14. The van der Waals surface area contributed by atoms with Crippen LogP contribution < -0.4 is 5.73 Å². The van der Waals surface area contributed by atoms with E-state index in [4.69, 9.17) is 15.2 Å². The van der Waals surface area contributed by atoms with Gasteiger partial charge in [-0.1, -0.05) is 0 Å². The highest BCUT2D eigenvalue weighted by molar-refractivity contribution is 5.90. The van der Waals surface area contributed by atoms with Crippen LogP contribution in [0.2, 0.25) is 0 Å². The molecule has 2 aliphatic heterocycles. The first-order chi connectivity index (χ1) is 11.1. The zero-order valence-electron chi connectivity index (χ0n) is 14.8. The van der Waals surface area contributed by atoms with E-state index in [1.54, 1.807) is 20.8 Å². The fraction of sp³-hybridized carbons (Fsp3) is 0.812. The highest BCUT2D eigenvalue weighted by Crippen LogP contribution is 2.26. The van der Waals surface area contributed by atoms with Crippen LogP contribution in [0.1, 0.15) is 40.0 Å². The van der Waals surface area contributed by atoms with Crippen molar-refractivity contribution in [3.63, 3.8) is 0 Å². The Bertz CT molecular complexity index is 516. The molecule has 8 nitrogen and oxygen atoms in total. The monoisotopic (exact) mass is 341 g/mol. The molecule has 0 aromatic heterocycles. The van der Waals surface area contributed by atoms with Gasteiger partial charge in [-0.3, -0.25) is 9.69 Å². The van der Waals surface area contributed by atoms with E-state index in [9.17, 15) is 14.4 Å². The molecule has 0 radical (unpaired) electrons. The molecule has 8 heteroatoms. The van der Waals surface area contributed by atoms with Crippen LogP contribution in [0.5, 0.6) is 0 Å². The molecule has 24 heavy (non-hydrogen) atoms. The van der Waals surface area contributed by atoms with E-state index in [0.29, 0.717) is 19.4 Å². The predicted octanol–water partition coefficient (Wildman–Crippen LogP) is 0.487. The number of esters is 1. The Hall–Kier alpha value is -1.83. The number of nitrogens with zero attached hydrogens (tertiary/aromatic N) is 2. The van der Waals surface area contributed by atoms with Crippen LogP contribution in [0.15, 0.2) is 0 Å². The first-order valence-corrected chi connectivity index (χ1v) is 8.27. The van der Waals surface area contributed by atoms with Crippen LogP contribution in [0.3, 0.4) is 0 Å². The molecule has 2 fully saturated rings. The normalized spacial score (nSPS) is 27.3. The smallest absolute Gasteiger partial charge is 0.411 e. The van der Waals surface area contributed by atoms with Crippen molar-refractivity contribution >= 4 is 18.0 Å². The first-order valence-electron chi connectivity index (χ1n) is 8.27. The third kappa shape index (κ3) is 3.98. The minimum atomic E-state index is -0.694. The summed E-state index contributed by atoms with van der Waals surface area (Å²) in [4.78, 5) is 40.1. The molecule has 0 aliphatic carbocycles. The second-order valence-corrected chi connectivity index (χ2v) is 7.36. The predicted molar refractivity (Wildman–Crippen MR) is 86.1 cm³/mol. The molecule has 1 unspecified atom stereocenters. The van der Waals surface area contributed by atoms with Crippen molar-refractivity contribution in [2.45, 2.75) is 63.8 Å². The molecular formula is C16H27N3O5. The number of amides is 2. The van der Waals surface area contributed by atoms with Gasteiger partial charge in [-0.15, -0.1) is 0 Å². The van der Waals surface area contributed by atoms with Gasteiger partial charge >= 0.3 is 12.1 Å². The number of carbonyl (C=O) groups is 3. The van der Waals surface area contributed by atoms with Gasteiger partial charge < -0.3 is 20.1 Å². The molecular weight excluding hydrogens is 314 g/mol. The van der Waals surface area contributed by atoms with E-state index in [2.05, 4.69) is 0 Å². The van der Waals surface area contributed by atoms with E-state index >= 15 is 0 Å². The number of rotatable bonds is 2. The van der Waals surface area contributed by atoms with Gasteiger partial charge in [-0.25, -0.2) is 9.59 Å². The topological polar surface area (TPSA) is 102 Å². The molecule has 0 aromatic carbocycles. The van der Waals surface area contributed by atoms with Gasteiger partial charge in [0.05, 0.1) is 7.11 Å². The quantitative estimate of drug-likeness (QED) is 0.733. The summed E-state index contributed by atoms with van der Waals surface area (Å²) < 4.78 is 10.2. The second-order valence-electron chi connectivity index (χ2n) is 7.36. The number of hydrogen-bond donors (Lipinski definition) is 1. The lowest BCUT2D eigenvalue weighted by molar-refractivity contribution is -0.152. The lowest BCUT2D eigenvalue weighted by Crippen LogP contribution is -2.51. The zero-order valence-corrected chi connectivity index (χ0v) is 14.8. The highest BCUT2D eigenvalue weighted by Gasteiger charge is 2.45. The van der Waals surface area contributed by atoms with Gasteiger partial charge in [0.25, 0.3) is 0 Å². The SMILES string of the molecule is COC(=O)[C@@H]1CCCN1C(=O)[C@@H]1CC(N)CN1C(=O)OC(C)(C)C. The van der Waals surface area contributed by atoms with E-state index in [1.807, 2.05) is 0 Å². The Morgan fingerprint density at radius 3 is 2.38 bits per heavy atom. The van der Waals surface area contributed by atoms with Crippen molar-refractivity contribution in [3.8, 4) is 0 Å². The van der Waals surface area contributed by atoms with E-state index in [-0.39, 0.29) is 18.5 Å². The minimum absolute atomic E-state index is 0.262. The Morgan fingerprint density at radius 2 is 1.79 bits per heavy atom. The van der Waals surface area contributed by atoms with Crippen LogP contribution in [0, 0.1) is 0 Å². The van der Waals surface area contributed by atoms with Crippen molar-refractivity contribution in [2.24, 2.45) is 5.73 Å². The van der Waals surface area contributed by atoms with Crippen molar-refractivity contribution < 1.29 is 23.9 Å². The van der Waals surface area contributed by atoms with Gasteiger partial charge in [-0.2, -0.15) is 0 Å².